The summed E-state index contributed by atoms with van der Waals surface area (Å²) in [6, 6.07) is 12.5. The number of carboxylic acids is 1. The van der Waals surface area contributed by atoms with Crippen LogP contribution in [0.4, 0.5) is 0 Å². The molecule has 1 fully saturated rings. The van der Waals surface area contributed by atoms with Crippen molar-refractivity contribution in [3.63, 3.8) is 0 Å². The van der Waals surface area contributed by atoms with Gasteiger partial charge < -0.3 is 9.90 Å². The molecule has 7 heteroatoms. The van der Waals surface area contributed by atoms with Crippen LogP contribution in [0, 0.1) is 0 Å². The van der Waals surface area contributed by atoms with Crippen LogP contribution >= 0.6 is 11.8 Å². The Kier molecular flexibility index (Phi) is 5.14. The number of carboxylic acid groups (broad SMARTS) is 1. The maximum atomic E-state index is 12.5. The molecule has 25 heavy (non-hydrogen) atoms. The number of hydrogen-bond acceptors (Lipinski definition) is 6. The van der Waals surface area contributed by atoms with E-state index in [0.717, 1.165) is 17.3 Å². The zero-order valence-electron chi connectivity index (χ0n) is 13.3. The molecule has 0 bridgehead atoms. The molecular weight excluding hydrogens is 340 g/mol. The van der Waals surface area contributed by atoms with Crippen LogP contribution in [-0.4, -0.2) is 39.5 Å². The molecule has 1 aliphatic heterocycles. The fraction of sp³-hybridized carbons (Fsp3) is 0.222. The van der Waals surface area contributed by atoms with Gasteiger partial charge in [0, 0.05) is 24.7 Å². The fourth-order valence-corrected chi connectivity index (χ4v) is 3.76. The van der Waals surface area contributed by atoms with Crippen LogP contribution in [-0.2, 0) is 16.0 Å². The SMILES string of the molecule is O=C([O-])c1cccnc1SC1CC(=O)N(CCc2ccccc2)C1=O. The first-order valence-electron chi connectivity index (χ1n) is 7.77. The van der Waals surface area contributed by atoms with Gasteiger partial charge in [-0.2, -0.15) is 0 Å². The summed E-state index contributed by atoms with van der Waals surface area (Å²) in [5.41, 5.74) is 0.971. The standard InChI is InChI=1S/C18H16N2O4S/c21-15-11-14(25-16-13(18(23)24)7-4-9-19-16)17(22)20(15)10-8-12-5-2-1-3-6-12/h1-7,9,14H,8,10-11H2,(H,23,24)/p-1. The molecule has 2 heterocycles. The van der Waals surface area contributed by atoms with Gasteiger partial charge in [-0.1, -0.05) is 42.1 Å². The number of rotatable bonds is 6. The number of imide groups is 1. The molecule has 1 unspecified atom stereocenters. The highest BCUT2D eigenvalue weighted by Gasteiger charge is 2.39. The van der Waals surface area contributed by atoms with Crippen LogP contribution in [0.2, 0.25) is 0 Å². The van der Waals surface area contributed by atoms with E-state index in [2.05, 4.69) is 4.98 Å². The van der Waals surface area contributed by atoms with Crippen molar-refractivity contribution in [2.24, 2.45) is 0 Å². The van der Waals surface area contributed by atoms with Gasteiger partial charge in [-0.15, -0.1) is 0 Å². The van der Waals surface area contributed by atoms with Crippen molar-refractivity contribution in [3.05, 3.63) is 59.8 Å². The number of aromatic carboxylic acids is 1. The summed E-state index contributed by atoms with van der Waals surface area (Å²) in [6.07, 6.45) is 2.08. The van der Waals surface area contributed by atoms with Crippen molar-refractivity contribution in [2.45, 2.75) is 23.1 Å². The van der Waals surface area contributed by atoms with Gasteiger partial charge in [0.15, 0.2) is 0 Å². The molecule has 0 saturated carbocycles. The highest BCUT2D eigenvalue weighted by Crippen LogP contribution is 2.32. The highest BCUT2D eigenvalue weighted by atomic mass is 32.2. The van der Waals surface area contributed by atoms with Crippen LogP contribution in [0.3, 0.4) is 0 Å². The Labute approximate surface area is 148 Å². The van der Waals surface area contributed by atoms with E-state index >= 15 is 0 Å². The van der Waals surface area contributed by atoms with Gasteiger partial charge in [0.1, 0.15) is 5.03 Å². The number of benzene rings is 1. The Bertz CT molecular complexity index is 810. The molecule has 128 valence electrons. The van der Waals surface area contributed by atoms with Crippen molar-refractivity contribution in [1.29, 1.82) is 0 Å². The molecule has 2 aromatic rings. The van der Waals surface area contributed by atoms with E-state index < -0.39 is 11.2 Å². The Morgan fingerprint density at radius 1 is 1.20 bits per heavy atom. The van der Waals surface area contributed by atoms with E-state index in [1.165, 1.54) is 23.2 Å². The lowest BCUT2D eigenvalue weighted by Crippen LogP contribution is -2.33. The molecule has 0 aliphatic carbocycles. The molecule has 3 rings (SSSR count). The van der Waals surface area contributed by atoms with Gasteiger partial charge in [-0.3, -0.25) is 14.5 Å². The van der Waals surface area contributed by atoms with E-state index in [1.54, 1.807) is 0 Å². The van der Waals surface area contributed by atoms with Gasteiger partial charge >= 0.3 is 0 Å². The molecule has 2 amide bonds. The second-order valence-corrected chi connectivity index (χ2v) is 6.76. The number of carbonyl (C=O) groups is 3. The summed E-state index contributed by atoms with van der Waals surface area (Å²) >= 11 is 0.999. The predicted molar refractivity (Wildman–Crippen MR) is 89.7 cm³/mol. The lowest BCUT2D eigenvalue weighted by atomic mass is 10.1. The first-order valence-corrected chi connectivity index (χ1v) is 8.65. The Balaban J connectivity index is 1.68. The first-order chi connectivity index (χ1) is 12.1. The normalized spacial score (nSPS) is 17.1. The summed E-state index contributed by atoms with van der Waals surface area (Å²) in [7, 11) is 0. The zero-order valence-corrected chi connectivity index (χ0v) is 14.1. The van der Waals surface area contributed by atoms with E-state index in [1.807, 2.05) is 30.3 Å². The average molecular weight is 355 g/mol. The second-order valence-electron chi connectivity index (χ2n) is 5.57. The van der Waals surface area contributed by atoms with Crippen molar-refractivity contribution in [2.75, 3.05) is 6.54 Å². The molecule has 1 aromatic carbocycles. The summed E-state index contributed by atoms with van der Waals surface area (Å²) in [5, 5.41) is 10.7. The summed E-state index contributed by atoms with van der Waals surface area (Å²) < 4.78 is 0. The number of likely N-dealkylation sites (tertiary alicyclic amines) is 1. The van der Waals surface area contributed by atoms with Crippen LogP contribution < -0.4 is 5.11 Å². The third-order valence-corrected chi connectivity index (χ3v) is 5.12. The monoisotopic (exact) mass is 355 g/mol. The van der Waals surface area contributed by atoms with E-state index in [9.17, 15) is 19.5 Å². The molecule has 0 spiro atoms. The van der Waals surface area contributed by atoms with E-state index in [0.29, 0.717) is 13.0 Å². The quantitative estimate of drug-likeness (QED) is 0.716. The number of nitrogens with zero attached hydrogens (tertiary/aromatic N) is 2. The lowest BCUT2D eigenvalue weighted by Gasteiger charge is -2.15. The van der Waals surface area contributed by atoms with Gasteiger partial charge in [-0.25, -0.2) is 4.98 Å². The van der Waals surface area contributed by atoms with E-state index in [-0.39, 0.29) is 28.8 Å². The lowest BCUT2D eigenvalue weighted by molar-refractivity contribution is -0.255. The maximum Gasteiger partial charge on any atom is 0.243 e. The average Bonchev–Trinajstić information content (AvgIpc) is 2.88. The van der Waals surface area contributed by atoms with Gasteiger partial charge in [0.25, 0.3) is 0 Å². The topological polar surface area (TPSA) is 90.4 Å². The van der Waals surface area contributed by atoms with Crippen LogP contribution in [0.5, 0.6) is 0 Å². The molecule has 1 saturated heterocycles. The molecular formula is C18H15N2O4S-. The van der Waals surface area contributed by atoms with Crippen LogP contribution in [0.25, 0.3) is 0 Å². The van der Waals surface area contributed by atoms with Gasteiger partial charge in [0.2, 0.25) is 11.8 Å². The molecule has 6 nitrogen and oxygen atoms in total. The van der Waals surface area contributed by atoms with Crippen LogP contribution in [0.1, 0.15) is 22.3 Å². The smallest absolute Gasteiger partial charge is 0.243 e. The minimum Gasteiger partial charge on any atom is -0.545 e. The number of thioether (sulfide) groups is 1. The number of amides is 2. The Morgan fingerprint density at radius 2 is 1.96 bits per heavy atom. The predicted octanol–water partition coefficient (Wildman–Crippen LogP) is 0.907. The summed E-state index contributed by atoms with van der Waals surface area (Å²) in [6.45, 7) is 0.314. The minimum absolute atomic E-state index is 0.0430. The minimum atomic E-state index is -1.35. The summed E-state index contributed by atoms with van der Waals surface area (Å²) in [5.74, 6) is -1.90. The first kappa shape index (κ1) is 17.2. The molecule has 0 N–H and O–H groups in total. The Morgan fingerprint density at radius 3 is 2.68 bits per heavy atom. The maximum absolute atomic E-state index is 12.5. The van der Waals surface area contributed by atoms with Crippen LogP contribution in [0.15, 0.2) is 53.7 Å². The Hall–Kier alpha value is -2.67. The third-order valence-electron chi connectivity index (χ3n) is 3.91. The van der Waals surface area contributed by atoms with E-state index in [4.69, 9.17) is 0 Å². The van der Waals surface area contributed by atoms with Gasteiger partial charge in [-0.05, 0) is 24.1 Å². The van der Waals surface area contributed by atoms with Crippen molar-refractivity contribution in [3.8, 4) is 0 Å². The molecule has 1 aromatic heterocycles. The molecule has 1 aliphatic rings. The fourth-order valence-electron chi connectivity index (χ4n) is 2.64. The summed E-state index contributed by atoms with van der Waals surface area (Å²) in [4.78, 5) is 41.1. The van der Waals surface area contributed by atoms with Gasteiger partial charge in [0.05, 0.1) is 11.2 Å². The number of pyridine rings is 1. The number of hydrogen-bond donors (Lipinski definition) is 0. The number of aromatic nitrogens is 1. The largest absolute Gasteiger partial charge is 0.545 e. The molecule has 0 radical (unpaired) electrons. The van der Waals surface area contributed by atoms with Crippen molar-refractivity contribution in [1.82, 2.24) is 9.88 Å². The highest BCUT2D eigenvalue weighted by molar-refractivity contribution is 8.00. The second kappa shape index (κ2) is 7.48. The zero-order chi connectivity index (χ0) is 17.8. The number of carbonyl (C=O) groups excluding carboxylic acids is 3. The molecule has 1 atom stereocenters. The van der Waals surface area contributed by atoms with Crippen molar-refractivity contribution < 1.29 is 19.5 Å². The van der Waals surface area contributed by atoms with Crippen molar-refractivity contribution >= 4 is 29.5 Å². The third kappa shape index (κ3) is 3.88.